The number of H-pyrrole nitrogens is 2. The van der Waals surface area contributed by atoms with Gasteiger partial charge in [0, 0.05) is 0 Å². The summed E-state index contributed by atoms with van der Waals surface area (Å²) in [7, 11) is -1.65. The number of fused-ring (bicyclic) bond motifs is 2. The maximum absolute atomic E-state index is 14.6. The van der Waals surface area contributed by atoms with Crippen LogP contribution in [0.4, 0.5) is 0 Å². The minimum atomic E-state index is -1.65. The minimum Gasteiger partial charge on any atom is -0.365 e. The number of rotatable bonds is 4. The monoisotopic (exact) mass is 440 g/mol. The molecular formula is C24H20N6OS. The normalized spacial score (nSPS) is 25.1. The molecule has 0 saturated carbocycles. The summed E-state index contributed by atoms with van der Waals surface area (Å²) in [6.07, 6.45) is 14.9. The average molecular weight is 441 g/mol. The highest BCUT2D eigenvalue weighted by molar-refractivity contribution is 7.87. The van der Waals surface area contributed by atoms with Gasteiger partial charge in [-0.05, 0) is 61.0 Å². The van der Waals surface area contributed by atoms with E-state index < -0.39 is 20.5 Å². The second kappa shape index (κ2) is 7.06. The largest absolute Gasteiger partial charge is 0.365 e. The van der Waals surface area contributed by atoms with Gasteiger partial charge in [0.2, 0.25) is 0 Å². The average Bonchev–Trinajstić information content (AvgIpc) is 3.49. The Balaban J connectivity index is 1.56. The van der Waals surface area contributed by atoms with Crippen molar-refractivity contribution in [3.05, 3.63) is 109 Å². The summed E-state index contributed by atoms with van der Waals surface area (Å²) in [5.74, 6) is 1.13. The zero-order valence-electron chi connectivity index (χ0n) is 16.9. The van der Waals surface area contributed by atoms with Gasteiger partial charge in [0.05, 0.1) is 32.9 Å². The molecule has 0 aliphatic carbocycles. The lowest BCUT2D eigenvalue weighted by atomic mass is 10.2. The molecule has 2 aliphatic rings. The van der Waals surface area contributed by atoms with Gasteiger partial charge in [-0.25, -0.2) is 9.97 Å². The van der Waals surface area contributed by atoms with Gasteiger partial charge in [-0.1, -0.05) is 36.4 Å². The van der Waals surface area contributed by atoms with E-state index in [4.69, 9.17) is 9.97 Å². The highest BCUT2D eigenvalue weighted by Crippen LogP contribution is 2.40. The van der Waals surface area contributed by atoms with Gasteiger partial charge in [0.15, 0.2) is 21.4 Å². The molecule has 0 radical (unpaired) electrons. The molecule has 2 aliphatic heterocycles. The Kier molecular flexibility index (Phi) is 4.16. The van der Waals surface area contributed by atoms with Gasteiger partial charge in [-0.2, -0.15) is 0 Å². The van der Waals surface area contributed by atoms with Crippen molar-refractivity contribution in [1.29, 1.82) is 0 Å². The van der Waals surface area contributed by atoms with Crippen molar-refractivity contribution in [2.45, 2.75) is 9.74 Å². The Hall–Kier alpha value is -3.91. The van der Waals surface area contributed by atoms with Crippen molar-refractivity contribution in [2.24, 2.45) is 0 Å². The van der Waals surface area contributed by atoms with Crippen LogP contribution in [0.3, 0.4) is 0 Å². The first-order chi connectivity index (χ1) is 15.7. The molecule has 4 aromatic rings. The van der Waals surface area contributed by atoms with Gasteiger partial charge in [-0.15, -0.1) is 0 Å². The molecule has 2 atom stereocenters. The summed E-state index contributed by atoms with van der Waals surface area (Å²) in [6, 6.07) is 15.6. The molecule has 4 heterocycles. The summed E-state index contributed by atoms with van der Waals surface area (Å²) in [4.78, 5) is 14.1. The topological polar surface area (TPSA) is 98.5 Å². The molecule has 8 heteroatoms. The molecule has 0 spiro atoms. The molecule has 0 fully saturated rings. The summed E-state index contributed by atoms with van der Waals surface area (Å²) >= 11 is 0. The van der Waals surface area contributed by atoms with Crippen LogP contribution >= 0.6 is 0 Å². The Bertz CT molecular complexity index is 1300. The van der Waals surface area contributed by atoms with Crippen LogP contribution in [0.5, 0.6) is 0 Å². The van der Waals surface area contributed by atoms with Gasteiger partial charge in [0.1, 0.15) is 0 Å². The van der Waals surface area contributed by atoms with E-state index in [2.05, 4.69) is 20.6 Å². The van der Waals surface area contributed by atoms with Crippen molar-refractivity contribution < 1.29 is 4.21 Å². The zero-order chi connectivity index (χ0) is 21.6. The second-order valence-corrected chi connectivity index (χ2v) is 9.50. The predicted molar refractivity (Wildman–Crippen MR) is 127 cm³/mol. The van der Waals surface area contributed by atoms with E-state index in [1.54, 1.807) is 12.4 Å². The number of hydrogen-bond acceptors (Lipinski definition) is 5. The smallest absolute Gasteiger partial charge is 0.193 e. The van der Waals surface area contributed by atoms with Crippen LogP contribution < -0.4 is 10.6 Å². The molecule has 4 N–H and O–H groups in total. The third kappa shape index (κ3) is 2.69. The Morgan fingerprint density at radius 1 is 0.656 bits per heavy atom. The van der Waals surface area contributed by atoms with E-state index in [1.165, 1.54) is 0 Å². The fourth-order valence-corrected chi connectivity index (χ4v) is 5.95. The molecule has 7 nitrogen and oxygen atoms in total. The number of dihydropyridines is 2. The fourth-order valence-electron chi connectivity index (χ4n) is 4.15. The lowest BCUT2D eigenvalue weighted by Crippen LogP contribution is -2.55. The minimum absolute atomic E-state index is 0.567. The number of benzene rings is 2. The number of nitrogens with zero attached hydrogens (tertiary/aromatic N) is 2. The lowest BCUT2D eigenvalue weighted by molar-refractivity contribution is 0.533. The van der Waals surface area contributed by atoms with E-state index in [9.17, 15) is 4.21 Å². The molecule has 32 heavy (non-hydrogen) atoms. The fraction of sp³-hybridized carbons (Fsp3) is 0.0833. The molecule has 158 valence electrons. The van der Waals surface area contributed by atoms with Crippen molar-refractivity contribution >= 4 is 32.9 Å². The van der Waals surface area contributed by atoms with E-state index in [-0.39, 0.29) is 0 Å². The van der Waals surface area contributed by atoms with Gasteiger partial charge in [0.25, 0.3) is 0 Å². The van der Waals surface area contributed by atoms with Gasteiger partial charge >= 0.3 is 0 Å². The summed E-state index contributed by atoms with van der Waals surface area (Å²) in [6.45, 7) is 0. The number of para-hydroxylation sites is 4. The van der Waals surface area contributed by atoms with Crippen molar-refractivity contribution in [1.82, 2.24) is 30.6 Å². The molecule has 0 saturated heterocycles. The highest BCUT2D eigenvalue weighted by atomic mass is 32.2. The predicted octanol–water partition coefficient (Wildman–Crippen LogP) is 3.54. The van der Waals surface area contributed by atoms with Crippen molar-refractivity contribution in [3.8, 4) is 0 Å². The number of aromatic amines is 2. The van der Waals surface area contributed by atoms with Crippen molar-refractivity contribution in [3.63, 3.8) is 0 Å². The maximum atomic E-state index is 14.6. The van der Waals surface area contributed by atoms with E-state index in [0.717, 1.165) is 22.1 Å². The lowest BCUT2D eigenvalue weighted by Gasteiger charge is -2.39. The first kappa shape index (κ1) is 18.8. The summed E-state index contributed by atoms with van der Waals surface area (Å²) in [5, 5.41) is 6.67. The molecule has 2 unspecified atom stereocenters. The number of imidazole rings is 2. The van der Waals surface area contributed by atoms with E-state index in [0.29, 0.717) is 11.6 Å². The molecule has 0 amide bonds. The second-order valence-electron chi connectivity index (χ2n) is 7.67. The van der Waals surface area contributed by atoms with Crippen LogP contribution in [-0.2, 0) is 20.5 Å². The van der Waals surface area contributed by atoms with Gasteiger partial charge < -0.3 is 20.6 Å². The Morgan fingerprint density at radius 3 is 1.53 bits per heavy atom. The summed E-state index contributed by atoms with van der Waals surface area (Å²) in [5.41, 5.74) is 3.39. The van der Waals surface area contributed by atoms with Crippen LogP contribution in [-0.4, -0.2) is 24.1 Å². The zero-order valence-corrected chi connectivity index (χ0v) is 17.8. The SMILES string of the molecule is O=S(C1(c2nc3ccccc3[nH]2)C=CC=CN1)C1(c2nc3ccccc3[nH]2)C=CC=CN1. The third-order valence-corrected chi connectivity index (χ3v) is 7.80. The number of aromatic nitrogens is 4. The summed E-state index contributed by atoms with van der Waals surface area (Å²) < 4.78 is 14.6. The van der Waals surface area contributed by atoms with E-state index >= 15 is 0 Å². The molecule has 2 aromatic heterocycles. The third-order valence-electron chi connectivity index (χ3n) is 5.74. The highest BCUT2D eigenvalue weighted by Gasteiger charge is 2.52. The Labute approximate surface area is 186 Å². The molecule has 2 aromatic carbocycles. The van der Waals surface area contributed by atoms with Gasteiger partial charge in [-0.3, -0.25) is 4.21 Å². The Morgan fingerprint density at radius 2 is 1.12 bits per heavy atom. The standard InChI is InChI=1S/C24H20N6OS/c31-32(23(13-5-7-15-25-23)21-27-17-9-1-2-10-18(17)28-21)24(14-6-8-16-26-24)22-29-19-11-3-4-12-20(19)30-22/h1-16,25-26H,(H,27,28)(H,29,30). The van der Waals surface area contributed by atoms with Crippen LogP contribution in [0.25, 0.3) is 22.1 Å². The first-order valence-electron chi connectivity index (χ1n) is 10.3. The number of allylic oxidation sites excluding steroid dienone is 4. The molecular weight excluding hydrogens is 420 g/mol. The number of nitrogens with one attached hydrogen (secondary N) is 4. The molecule has 6 rings (SSSR count). The maximum Gasteiger partial charge on any atom is 0.193 e. The number of hydrogen-bond donors (Lipinski definition) is 4. The van der Waals surface area contributed by atoms with E-state index in [1.807, 2.05) is 85.0 Å². The quantitative estimate of drug-likeness (QED) is 0.389. The van der Waals surface area contributed by atoms with Crippen molar-refractivity contribution in [2.75, 3.05) is 0 Å². The molecule has 0 bridgehead atoms. The van der Waals surface area contributed by atoms with Crippen LogP contribution in [0.15, 0.2) is 97.4 Å². The van der Waals surface area contributed by atoms with Crippen LogP contribution in [0, 0.1) is 0 Å². The van der Waals surface area contributed by atoms with Crippen LogP contribution in [0.1, 0.15) is 11.6 Å². The van der Waals surface area contributed by atoms with Crippen LogP contribution in [0.2, 0.25) is 0 Å². The first-order valence-corrected chi connectivity index (χ1v) is 11.4.